The van der Waals surface area contributed by atoms with E-state index in [0.717, 1.165) is 16.7 Å². The van der Waals surface area contributed by atoms with Crippen LogP contribution in [0.3, 0.4) is 0 Å². The first-order valence-corrected chi connectivity index (χ1v) is 7.85. The summed E-state index contributed by atoms with van der Waals surface area (Å²) in [6, 6.07) is 10.7. The topological polar surface area (TPSA) is 86.2 Å². The molecule has 0 saturated carbocycles. The van der Waals surface area contributed by atoms with E-state index in [-0.39, 0.29) is 0 Å². The van der Waals surface area contributed by atoms with Gasteiger partial charge in [0.1, 0.15) is 0 Å². The van der Waals surface area contributed by atoms with Gasteiger partial charge < -0.3 is 11.5 Å². The molecule has 0 spiro atoms. The largest absolute Gasteiger partial charge is 0.398 e. The van der Waals surface area contributed by atoms with Crippen molar-refractivity contribution in [3.63, 3.8) is 0 Å². The Hall–Kier alpha value is -2.14. The van der Waals surface area contributed by atoms with Gasteiger partial charge in [-0.2, -0.15) is 0 Å². The molecule has 4 N–H and O–H groups in total. The van der Waals surface area contributed by atoms with Gasteiger partial charge in [-0.1, -0.05) is 18.2 Å². The van der Waals surface area contributed by atoms with Gasteiger partial charge in [-0.3, -0.25) is 9.00 Å². The minimum atomic E-state index is -1.23. The maximum Gasteiger partial charge on any atom is 0.248 e. The summed E-state index contributed by atoms with van der Waals surface area (Å²) < 4.78 is 12.5. The minimum Gasteiger partial charge on any atom is -0.398 e. The summed E-state index contributed by atoms with van der Waals surface area (Å²) in [5.41, 5.74) is 15.0. The fourth-order valence-electron chi connectivity index (χ4n) is 2.08. The molecule has 0 saturated heterocycles. The van der Waals surface area contributed by atoms with Gasteiger partial charge in [0.15, 0.2) is 0 Å². The average molecular weight is 302 g/mol. The predicted molar refractivity (Wildman–Crippen MR) is 85.4 cm³/mol. The molecule has 1 amide bonds. The van der Waals surface area contributed by atoms with Crippen LogP contribution >= 0.6 is 0 Å². The van der Waals surface area contributed by atoms with E-state index in [9.17, 15) is 9.00 Å². The molecule has 0 aliphatic rings. The van der Waals surface area contributed by atoms with Crippen LogP contribution in [0.4, 0.5) is 5.69 Å². The van der Waals surface area contributed by atoms with Crippen LogP contribution in [0.1, 0.15) is 27.0 Å². The van der Waals surface area contributed by atoms with Crippen molar-refractivity contribution in [1.29, 1.82) is 0 Å². The van der Waals surface area contributed by atoms with Gasteiger partial charge in [0.25, 0.3) is 0 Å². The number of aryl methyl sites for hydroxylation is 2. The molecular formula is C16H18N2O2S. The fraction of sp³-hybridized carbons (Fsp3) is 0.188. The first-order valence-electron chi connectivity index (χ1n) is 6.53. The Morgan fingerprint density at radius 2 is 1.86 bits per heavy atom. The number of benzene rings is 2. The van der Waals surface area contributed by atoms with Crippen LogP contribution in [-0.4, -0.2) is 10.1 Å². The molecule has 0 bridgehead atoms. The molecule has 0 heterocycles. The van der Waals surface area contributed by atoms with E-state index < -0.39 is 16.7 Å². The van der Waals surface area contributed by atoms with E-state index >= 15 is 0 Å². The zero-order valence-corrected chi connectivity index (χ0v) is 12.9. The molecule has 5 heteroatoms. The number of amides is 1. The molecule has 2 aromatic carbocycles. The highest BCUT2D eigenvalue weighted by atomic mass is 32.2. The summed E-state index contributed by atoms with van der Waals surface area (Å²) in [6.07, 6.45) is 0. The summed E-state index contributed by atoms with van der Waals surface area (Å²) in [4.78, 5) is 11.8. The lowest BCUT2D eigenvalue weighted by atomic mass is 10.1. The van der Waals surface area contributed by atoms with Gasteiger partial charge in [0.2, 0.25) is 5.91 Å². The Labute approximate surface area is 126 Å². The third-order valence-electron chi connectivity index (χ3n) is 3.44. The molecule has 1 atom stereocenters. The van der Waals surface area contributed by atoms with Crippen LogP contribution in [-0.2, 0) is 16.6 Å². The lowest BCUT2D eigenvalue weighted by molar-refractivity contribution is 0.1000. The number of anilines is 1. The van der Waals surface area contributed by atoms with Crippen LogP contribution in [0.25, 0.3) is 0 Å². The van der Waals surface area contributed by atoms with Crippen LogP contribution in [0.15, 0.2) is 41.3 Å². The lowest BCUT2D eigenvalue weighted by Crippen LogP contribution is -2.11. The molecule has 2 rings (SSSR count). The third-order valence-corrected chi connectivity index (χ3v) is 4.86. The number of carbonyl (C=O) groups excluding carboxylic acids is 1. The maximum absolute atomic E-state index is 12.5. The van der Waals surface area contributed by atoms with Crippen molar-refractivity contribution in [3.05, 3.63) is 58.7 Å². The molecule has 0 aliphatic carbocycles. The summed E-state index contributed by atoms with van der Waals surface area (Å²) >= 11 is 0. The minimum absolute atomic E-state index is 0.360. The SMILES string of the molecule is Cc1cc(C(N)=O)ccc1CS(=O)c1cccc(C)c1N. The summed E-state index contributed by atoms with van der Waals surface area (Å²) in [7, 11) is -1.23. The highest BCUT2D eigenvalue weighted by Gasteiger charge is 2.12. The number of rotatable bonds is 4. The molecule has 1 unspecified atom stereocenters. The fourth-order valence-corrected chi connectivity index (χ4v) is 3.48. The van der Waals surface area contributed by atoms with Crippen molar-refractivity contribution in [2.24, 2.45) is 5.73 Å². The van der Waals surface area contributed by atoms with Gasteiger partial charge >= 0.3 is 0 Å². The smallest absolute Gasteiger partial charge is 0.248 e. The van der Waals surface area contributed by atoms with Crippen molar-refractivity contribution >= 4 is 22.4 Å². The second-order valence-corrected chi connectivity index (χ2v) is 6.40. The maximum atomic E-state index is 12.5. The van der Waals surface area contributed by atoms with E-state index in [1.54, 1.807) is 24.3 Å². The molecule has 0 fully saturated rings. The summed E-state index contributed by atoms with van der Waals surface area (Å²) in [5, 5.41) is 0. The molecule has 21 heavy (non-hydrogen) atoms. The molecule has 0 aromatic heterocycles. The normalized spacial score (nSPS) is 12.1. The zero-order chi connectivity index (χ0) is 15.6. The monoisotopic (exact) mass is 302 g/mol. The van der Waals surface area contributed by atoms with E-state index in [4.69, 9.17) is 11.5 Å². The van der Waals surface area contributed by atoms with Crippen molar-refractivity contribution in [3.8, 4) is 0 Å². The van der Waals surface area contributed by atoms with Gasteiger partial charge in [-0.05, 0) is 48.7 Å². The van der Waals surface area contributed by atoms with Crippen molar-refractivity contribution in [2.75, 3.05) is 5.73 Å². The van der Waals surface area contributed by atoms with Crippen molar-refractivity contribution < 1.29 is 9.00 Å². The number of hydrogen-bond acceptors (Lipinski definition) is 3. The Morgan fingerprint density at radius 1 is 1.14 bits per heavy atom. The van der Waals surface area contributed by atoms with Gasteiger partial charge in [-0.15, -0.1) is 0 Å². The number of nitrogen functional groups attached to an aromatic ring is 1. The number of carbonyl (C=O) groups is 1. The van der Waals surface area contributed by atoms with E-state index in [2.05, 4.69) is 0 Å². The van der Waals surface area contributed by atoms with Crippen LogP contribution in [0.2, 0.25) is 0 Å². The summed E-state index contributed by atoms with van der Waals surface area (Å²) in [5.74, 6) is -0.105. The number of hydrogen-bond donors (Lipinski definition) is 2. The predicted octanol–water partition coefficient (Wildman–Crippen LogP) is 2.29. The Balaban J connectivity index is 2.28. The zero-order valence-electron chi connectivity index (χ0n) is 12.1. The Morgan fingerprint density at radius 3 is 2.48 bits per heavy atom. The lowest BCUT2D eigenvalue weighted by Gasteiger charge is -2.10. The van der Waals surface area contributed by atoms with E-state index in [0.29, 0.717) is 21.9 Å². The van der Waals surface area contributed by atoms with Gasteiger partial charge in [-0.25, -0.2) is 0 Å². The second-order valence-electron chi connectivity index (χ2n) is 4.98. The number of primary amides is 1. The standard InChI is InChI=1S/C16H18N2O2S/c1-10-4-3-5-14(15(10)17)21(20)9-13-7-6-12(16(18)19)8-11(13)2/h3-8H,9,17H2,1-2H3,(H2,18,19). The second kappa shape index (κ2) is 6.10. The quantitative estimate of drug-likeness (QED) is 0.850. The Kier molecular flexibility index (Phi) is 4.43. The molecule has 110 valence electrons. The molecule has 0 radical (unpaired) electrons. The average Bonchev–Trinajstić information content (AvgIpc) is 2.43. The number of nitrogens with two attached hydrogens (primary N) is 2. The van der Waals surface area contributed by atoms with Gasteiger partial charge in [0, 0.05) is 5.56 Å². The van der Waals surface area contributed by atoms with Crippen LogP contribution in [0, 0.1) is 13.8 Å². The first-order chi connectivity index (χ1) is 9.90. The van der Waals surface area contributed by atoms with E-state index in [1.807, 2.05) is 26.0 Å². The van der Waals surface area contributed by atoms with Gasteiger partial charge in [0.05, 0.1) is 27.1 Å². The Bertz CT molecular complexity index is 726. The number of para-hydroxylation sites is 1. The van der Waals surface area contributed by atoms with Crippen LogP contribution < -0.4 is 11.5 Å². The molecule has 2 aromatic rings. The highest BCUT2D eigenvalue weighted by molar-refractivity contribution is 7.84. The van der Waals surface area contributed by atoms with E-state index in [1.165, 1.54) is 0 Å². The molecular weight excluding hydrogens is 284 g/mol. The van der Waals surface area contributed by atoms with Crippen molar-refractivity contribution in [2.45, 2.75) is 24.5 Å². The third kappa shape index (κ3) is 3.31. The molecule has 4 nitrogen and oxygen atoms in total. The van der Waals surface area contributed by atoms with Crippen LogP contribution in [0.5, 0.6) is 0 Å². The van der Waals surface area contributed by atoms with Crippen molar-refractivity contribution in [1.82, 2.24) is 0 Å². The summed E-state index contributed by atoms with van der Waals surface area (Å²) in [6.45, 7) is 3.77. The highest BCUT2D eigenvalue weighted by Crippen LogP contribution is 2.23. The molecule has 0 aliphatic heterocycles. The first kappa shape index (κ1) is 15.3.